The molecule has 20 heavy (non-hydrogen) atoms. The zero-order valence-corrected chi connectivity index (χ0v) is 13.6. The maximum Gasteiger partial charge on any atom is 0.125 e. The second-order valence-electron chi connectivity index (χ2n) is 6.17. The summed E-state index contributed by atoms with van der Waals surface area (Å²) >= 11 is 6.26. The minimum absolute atomic E-state index is 0.250. The lowest BCUT2D eigenvalue weighted by Crippen LogP contribution is -2.33. The van der Waals surface area contributed by atoms with Crippen molar-refractivity contribution in [2.75, 3.05) is 19.7 Å². The third-order valence-electron chi connectivity index (χ3n) is 4.27. The summed E-state index contributed by atoms with van der Waals surface area (Å²) in [5.41, 5.74) is 2.79. The molecule has 1 unspecified atom stereocenters. The van der Waals surface area contributed by atoms with Gasteiger partial charge in [0.25, 0.3) is 0 Å². The van der Waals surface area contributed by atoms with Gasteiger partial charge in [-0.05, 0) is 54.5 Å². The highest BCUT2D eigenvalue weighted by Gasteiger charge is 2.26. The van der Waals surface area contributed by atoms with Crippen LogP contribution in [0, 0.1) is 5.41 Å². The van der Waals surface area contributed by atoms with Crippen LogP contribution in [0.5, 0.6) is 5.75 Å². The largest absolute Gasteiger partial charge is 0.493 e. The zero-order chi connectivity index (χ0) is 14.6. The van der Waals surface area contributed by atoms with Gasteiger partial charge in [0.15, 0.2) is 0 Å². The molecule has 0 aliphatic carbocycles. The second kappa shape index (κ2) is 6.82. The lowest BCUT2D eigenvalue weighted by Gasteiger charge is -2.29. The van der Waals surface area contributed by atoms with E-state index < -0.39 is 0 Å². The molecule has 0 fully saturated rings. The van der Waals surface area contributed by atoms with Crippen LogP contribution in [0.15, 0.2) is 12.1 Å². The monoisotopic (exact) mass is 295 g/mol. The van der Waals surface area contributed by atoms with Crippen molar-refractivity contribution in [3.05, 3.63) is 28.3 Å². The van der Waals surface area contributed by atoms with Crippen LogP contribution in [0.3, 0.4) is 0 Å². The molecule has 0 saturated carbocycles. The number of hydrogen-bond acceptors (Lipinski definition) is 2. The topological polar surface area (TPSA) is 21.3 Å². The van der Waals surface area contributed by atoms with Crippen molar-refractivity contribution in [1.82, 2.24) is 5.32 Å². The van der Waals surface area contributed by atoms with E-state index in [1.807, 2.05) is 6.07 Å². The van der Waals surface area contributed by atoms with Gasteiger partial charge >= 0.3 is 0 Å². The SMILES string of the molecule is CCCNCC(C)(CC)Cc1cc(Cl)cc2c1OCC2. The van der Waals surface area contributed by atoms with Gasteiger partial charge in [0.1, 0.15) is 5.75 Å². The van der Waals surface area contributed by atoms with E-state index in [4.69, 9.17) is 16.3 Å². The second-order valence-corrected chi connectivity index (χ2v) is 6.61. The smallest absolute Gasteiger partial charge is 0.125 e. The fraction of sp³-hybridized carbons (Fsp3) is 0.647. The molecule has 1 atom stereocenters. The van der Waals surface area contributed by atoms with Gasteiger partial charge in [0.05, 0.1) is 6.61 Å². The number of ether oxygens (including phenoxy) is 1. The van der Waals surface area contributed by atoms with Crippen molar-refractivity contribution in [3.8, 4) is 5.75 Å². The molecule has 112 valence electrons. The maximum atomic E-state index is 6.26. The highest BCUT2D eigenvalue weighted by atomic mass is 35.5. The molecule has 0 saturated heterocycles. The van der Waals surface area contributed by atoms with E-state index in [0.717, 1.165) is 49.7 Å². The van der Waals surface area contributed by atoms with Gasteiger partial charge in [-0.25, -0.2) is 0 Å². The minimum atomic E-state index is 0.250. The molecule has 2 rings (SSSR count). The van der Waals surface area contributed by atoms with Crippen LogP contribution in [0.1, 0.15) is 44.7 Å². The van der Waals surface area contributed by atoms with Gasteiger partial charge < -0.3 is 10.1 Å². The Morgan fingerprint density at radius 1 is 1.35 bits per heavy atom. The Labute approximate surface area is 127 Å². The summed E-state index contributed by atoms with van der Waals surface area (Å²) in [6, 6.07) is 4.13. The van der Waals surface area contributed by atoms with E-state index in [1.165, 1.54) is 17.5 Å². The minimum Gasteiger partial charge on any atom is -0.493 e. The summed E-state index contributed by atoms with van der Waals surface area (Å²) in [7, 11) is 0. The van der Waals surface area contributed by atoms with Crippen molar-refractivity contribution in [2.45, 2.75) is 46.5 Å². The molecule has 0 spiro atoms. The molecule has 0 aromatic heterocycles. The van der Waals surface area contributed by atoms with E-state index in [1.54, 1.807) is 0 Å². The maximum absolute atomic E-state index is 6.26. The zero-order valence-electron chi connectivity index (χ0n) is 12.9. The summed E-state index contributed by atoms with van der Waals surface area (Å²) in [6.07, 6.45) is 4.32. The molecule has 1 aromatic rings. The summed E-state index contributed by atoms with van der Waals surface area (Å²) in [5.74, 6) is 1.09. The predicted molar refractivity (Wildman–Crippen MR) is 85.9 cm³/mol. The molecule has 1 N–H and O–H groups in total. The van der Waals surface area contributed by atoms with E-state index in [-0.39, 0.29) is 5.41 Å². The Bertz CT molecular complexity index is 461. The highest BCUT2D eigenvalue weighted by Crippen LogP contribution is 2.37. The molecule has 2 nitrogen and oxygen atoms in total. The summed E-state index contributed by atoms with van der Waals surface area (Å²) < 4.78 is 5.82. The third-order valence-corrected chi connectivity index (χ3v) is 4.49. The quantitative estimate of drug-likeness (QED) is 0.760. The van der Waals surface area contributed by atoms with E-state index in [9.17, 15) is 0 Å². The number of hydrogen-bond donors (Lipinski definition) is 1. The first-order valence-corrected chi connectivity index (χ1v) is 8.10. The lowest BCUT2D eigenvalue weighted by molar-refractivity contribution is 0.283. The number of fused-ring (bicyclic) bond motifs is 1. The van der Waals surface area contributed by atoms with Gasteiger partial charge in [-0.15, -0.1) is 0 Å². The van der Waals surface area contributed by atoms with Gasteiger partial charge in [-0.3, -0.25) is 0 Å². The van der Waals surface area contributed by atoms with Gasteiger partial charge in [-0.2, -0.15) is 0 Å². The standard InChI is InChI=1S/C17H26ClNO/c1-4-7-19-12-17(3,5-2)11-14-10-15(18)9-13-6-8-20-16(13)14/h9-10,19H,4-8,11-12H2,1-3H3. The van der Waals surface area contributed by atoms with Crippen molar-refractivity contribution >= 4 is 11.6 Å². The van der Waals surface area contributed by atoms with Crippen molar-refractivity contribution in [3.63, 3.8) is 0 Å². The molecule has 0 radical (unpaired) electrons. The predicted octanol–water partition coefficient (Wildman–Crippen LogP) is 4.23. The van der Waals surface area contributed by atoms with Crippen LogP contribution in [0.4, 0.5) is 0 Å². The molecule has 1 aromatic carbocycles. The van der Waals surface area contributed by atoms with Gasteiger partial charge in [0, 0.05) is 18.0 Å². The van der Waals surface area contributed by atoms with Gasteiger partial charge in [-0.1, -0.05) is 32.4 Å². The Balaban J connectivity index is 2.15. The van der Waals surface area contributed by atoms with Crippen LogP contribution >= 0.6 is 11.6 Å². The van der Waals surface area contributed by atoms with Gasteiger partial charge in [0.2, 0.25) is 0 Å². The molecule has 0 amide bonds. The molecular weight excluding hydrogens is 270 g/mol. The molecule has 1 aliphatic rings. The lowest BCUT2D eigenvalue weighted by atomic mass is 9.80. The summed E-state index contributed by atoms with van der Waals surface area (Å²) in [6.45, 7) is 9.73. The van der Waals surface area contributed by atoms with Crippen molar-refractivity contribution < 1.29 is 4.74 Å². The van der Waals surface area contributed by atoms with Crippen LogP contribution in [-0.2, 0) is 12.8 Å². The molecule has 1 heterocycles. The van der Waals surface area contributed by atoms with E-state index in [2.05, 4.69) is 32.2 Å². The molecule has 3 heteroatoms. The Kier molecular flexibility index (Phi) is 5.34. The first-order chi connectivity index (χ1) is 9.58. The fourth-order valence-corrected chi connectivity index (χ4v) is 3.08. The molecule has 0 bridgehead atoms. The van der Waals surface area contributed by atoms with Crippen LogP contribution in [0.2, 0.25) is 5.02 Å². The Hall–Kier alpha value is -0.730. The Morgan fingerprint density at radius 3 is 2.85 bits per heavy atom. The van der Waals surface area contributed by atoms with Crippen molar-refractivity contribution in [1.29, 1.82) is 0 Å². The normalized spacial score (nSPS) is 16.6. The number of rotatable bonds is 7. The average molecular weight is 296 g/mol. The summed E-state index contributed by atoms with van der Waals surface area (Å²) in [5, 5.41) is 4.39. The van der Waals surface area contributed by atoms with E-state index in [0.29, 0.717) is 0 Å². The number of benzene rings is 1. The number of halogens is 1. The van der Waals surface area contributed by atoms with Crippen LogP contribution in [-0.4, -0.2) is 19.7 Å². The van der Waals surface area contributed by atoms with Crippen LogP contribution < -0.4 is 10.1 Å². The first kappa shape index (κ1) is 15.7. The summed E-state index contributed by atoms with van der Waals surface area (Å²) in [4.78, 5) is 0. The Morgan fingerprint density at radius 2 is 2.15 bits per heavy atom. The molecular formula is C17H26ClNO. The number of nitrogens with one attached hydrogen (secondary N) is 1. The van der Waals surface area contributed by atoms with Crippen LogP contribution in [0.25, 0.3) is 0 Å². The highest BCUT2D eigenvalue weighted by molar-refractivity contribution is 6.30. The molecule has 1 aliphatic heterocycles. The average Bonchev–Trinajstić information content (AvgIpc) is 2.87. The third kappa shape index (κ3) is 3.67. The fourth-order valence-electron chi connectivity index (χ4n) is 2.82. The van der Waals surface area contributed by atoms with Crippen molar-refractivity contribution in [2.24, 2.45) is 5.41 Å². The van der Waals surface area contributed by atoms with E-state index >= 15 is 0 Å². The first-order valence-electron chi connectivity index (χ1n) is 7.73.